The maximum absolute atomic E-state index is 10.9. The van der Waals surface area contributed by atoms with Crippen LogP contribution in [-0.4, -0.2) is 59.0 Å². The zero-order valence-corrected chi connectivity index (χ0v) is 11.5. The number of ether oxygens (including phenoxy) is 1. The van der Waals surface area contributed by atoms with Crippen LogP contribution in [0.4, 0.5) is 0 Å². The Kier molecular flexibility index (Phi) is 6.16. The van der Waals surface area contributed by atoms with Crippen molar-refractivity contribution in [3.63, 3.8) is 0 Å². The van der Waals surface area contributed by atoms with Gasteiger partial charge in [-0.05, 0) is 0 Å². The Hall–Kier alpha value is -0.923. The molecule has 1 fully saturated rings. The molecule has 1 heterocycles. The van der Waals surface area contributed by atoms with Crippen LogP contribution in [0.3, 0.4) is 0 Å². The minimum Gasteiger partial charge on any atom is -0.487 e. The van der Waals surface area contributed by atoms with Gasteiger partial charge in [0.15, 0.2) is 0 Å². The third-order valence-electron chi connectivity index (χ3n) is 2.38. The number of morpholine rings is 1. The lowest BCUT2D eigenvalue weighted by molar-refractivity contribution is -0.137. The van der Waals surface area contributed by atoms with Gasteiger partial charge in [0.05, 0.1) is 13.2 Å². The lowest BCUT2D eigenvalue weighted by Gasteiger charge is -2.27. The molecule has 0 saturated carbocycles. The van der Waals surface area contributed by atoms with Crippen molar-refractivity contribution >= 4 is 21.2 Å². The molecule has 0 aliphatic carbocycles. The van der Waals surface area contributed by atoms with E-state index >= 15 is 0 Å². The molecule has 0 radical (unpaired) electrons. The highest BCUT2D eigenvalue weighted by molar-refractivity contribution is 6.48. The molecule has 0 atom stereocenters. The van der Waals surface area contributed by atoms with Crippen LogP contribution in [0, 0.1) is 0 Å². The standard InChI is InChI=1S/C10H19NO5Si/c1-9(12)15-17(16-10(2)13)8-5-11-3-6-14-7-4-11/h17H,3-8H2,1-2H3. The van der Waals surface area contributed by atoms with Crippen molar-refractivity contribution in [2.75, 3.05) is 32.8 Å². The van der Waals surface area contributed by atoms with Crippen molar-refractivity contribution in [1.82, 2.24) is 4.90 Å². The molecule has 0 aromatic heterocycles. The highest BCUT2D eigenvalue weighted by Gasteiger charge is 2.22. The monoisotopic (exact) mass is 261 g/mol. The number of carbonyl (C=O) groups excluding carboxylic acids is 2. The van der Waals surface area contributed by atoms with E-state index in [1.807, 2.05) is 0 Å². The van der Waals surface area contributed by atoms with Gasteiger partial charge in [-0.2, -0.15) is 0 Å². The summed E-state index contributed by atoms with van der Waals surface area (Å²) in [7, 11) is -2.20. The van der Waals surface area contributed by atoms with Gasteiger partial charge in [-0.25, -0.2) is 0 Å². The van der Waals surface area contributed by atoms with Gasteiger partial charge in [-0.1, -0.05) is 0 Å². The average Bonchev–Trinajstić information content (AvgIpc) is 2.26. The number of carbonyl (C=O) groups is 2. The summed E-state index contributed by atoms with van der Waals surface area (Å²) in [5.74, 6) is -0.769. The van der Waals surface area contributed by atoms with Crippen LogP contribution in [0.2, 0.25) is 6.04 Å². The van der Waals surface area contributed by atoms with Gasteiger partial charge in [0, 0.05) is 39.5 Å². The van der Waals surface area contributed by atoms with Crippen LogP contribution in [0.15, 0.2) is 0 Å². The summed E-state index contributed by atoms with van der Waals surface area (Å²) in [5.41, 5.74) is 0. The van der Waals surface area contributed by atoms with Crippen molar-refractivity contribution in [3.05, 3.63) is 0 Å². The number of rotatable bonds is 5. The van der Waals surface area contributed by atoms with Gasteiger partial charge < -0.3 is 13.6 Å². The minimum absolute atomic E-state index is 0.384. The Morgan fingerprint density at radius 3 is 2.18 bits per heavy atom. The van der Waals surface area contributed by atoms with Crippen molar-refractivity contribution in [1.29, 1.82) is 0 Å². The molecule has 1 aliphatic rings. The first-order chi connectivity index (χ1) is 8.08. The smallest absolute Gasteiger partial charge is 0.449 e. The van der Waals surface area contributed by atoms with E-state index in [9.17, 15) is 9.59 Å². The topological polar surface area (TPSA) is 65.1 Å². The highest BCUT2D eigenvalue weighted by Crippen LogP contribution is 2.04. The lowest BCUT2D eigenvalue weighted by atomic mass is 10.4. The molecule has 98 valence electrons. The Morgan fingerprint density at radius 2 is 1.71 bits per heavy atom. The quantitative estimate of drug-likeness (QED) is 0.631. The van der Waals surface area contributed by atoms with Crippen LogP contribution in [0.5, 0.6) is 0 Å². The Bertz CT molecular complexity index is 251. The third kappa shape index (κ3) is 6.40. The van der Waals surface area contributed by atoms with Crippen LogP contribution >= 0.6 is 0 Å². The molecule has 0 aromatic carbocycles. The molecular weight excluding hydrogens is 242 g/mol. The molecule has 6 nitrogen and oxygen atoms in total. The zero-order valence-electron chi connectivity index (χ0n) is 10.3. The SMILES string of the molecule is CC(=O)O[SiH](CCN1CCOCC1)OC(C)=O. The van der Waals surface area contributed by atoms with E-state index in [4.69, 9.17) is 13.6 Å². The van der Waals surface area contributed by atoms with E-state index in [-0.39, 0.29) is 11.9 Å². The predicted molar refractivity (Wildman–Crippen MR) is 62.7 cm³/mol. The molecule has 0 spiro atoms. The van der Waals surface area contributed by atoms with E-state index in [1.54, 1.807) is 0 Å². The van der Waals surface area contributed by atoms with Gasteiger partial charge in [-0.15, -0.1) is 0 Å². The molecule has 0 N–H and O–H groups in total. The first-order valence-electron chi connectivity index (χ1n) is 5.72. The zero-order chi connectivity index (χ0) is 12.7. The number of hydrogen-bond acceptors (Lipinski definition) is 6. The Balaban J connectivity index is 2.31. The van der Waals surface area contributed by atoms with Crippen molar-refractivity contribution < 1.29 is 23.2 Å². The van der Waals surface area contributed by atoms with E-state index in [1.165, 1.54) is 13.8 Å². The Labute approximate surface area is 103 Å². The number of hydrogen-bond donors (Lipinski definition) is 0. The van der Waals surface area contributed by atoms with Crippen LogP contribution in [0.25, 0.3) is 0 Å². The van der Waals surface area contributed by atoms with Crippen LogP contribution in [-0.2, 0) is 23.2 Å². The Morgan fingerprint density at radius 1 is 1.18 bits per heavy atom. The average molecular weight is 261 g/mol. The fraction of sp³-hybridized carbons (Fsp3) is 0.800. The summed E-state index contributed by atoms with van der Waals surface area (Å²) in [5, 5.41) is 0. The number of nitrogens with zero attached hydrogens (tertiary/aromatic N) is 1. The van der Waals surface area contributed by atoms with E-state index in [0.717, 1.165) is 32.8 Å². The molecule has 0 amide bonds. The second-order valence-corrected chi connectivity index (χ2v) is 5.80. The van der Waals surface area contributed by atoms with E-state index in [0.29, 0.717) is 6.04 Å². The van der Waals surface area contributed by atoms with Crippen LogP contribution < -0.4 is 0 Å². The van der Waals surface area contributed by atoms with Crippen molar-refractivity contribution in [2.45, 2.75) is 19.9 Å². The molecule has 17 heavy (non-hydrogen) atoms. The molecule has 7 heteroatoms. The van der Waals surface area contributed by atoms with E-state index in [2.05, 4.69) is 4.90 Å². The summed E-state index contributed by atoms with van der Waals surface area (Å²) in [6.45, 7) is 6.65. The highest BCUT2D eigenvalue weighted by atomic mass is 28.3. The van der Waals surface area contributed by atoms with Crippen molar-refractivity contribution in [2.24, 2.45) is 0 Å². The summed E-state index contributed by atoms with van der Waals surface area (Å²) in [4.78, 5) is 24.0. The summed E-state index contributed by atoms with van der Waals surface area (Å²) in [6.07, 6.45) is 0. The fourth-order valence-corrected chi connectivity index (χ4v) is 3.23. The first kappa shape index (κ1) is 14.1. The summed E-state index contributed by atoms with van der Waals surface area (Å²) >= 11 is 0. The largest absolute Gasteiger partial charge is 0.487 e. The maximum Gasteiger partial charge on any atom is 0.449 e. The van der Waals surface area contributed by atoms with Crippen LogP contribution in [0.1, 0.15) is 13.8 Å². The second-order valence-electron chi connectivity index (χ2n) is 3.89. The van der Waals surface area contributed by atoms with E-state index < -0.39 is 9.28 Å². The third-order valence-corrected chi connectivity index (χ3v) is 4.30. The summed E-state index contributed by atoms with van der Waals surface area (Å²) < 4.78 is 15.3. The molecule has 0 aromatic rings. The van der Waals surface area contributed by atoms with Gasteiger partial charge in [-0.3, -0.25) is 14.5 Å². The predicted octanol–water partition coefficient (Wildman–Crippen LogP) is -0.335. The fourth-order valence-electron chi connectivity index (χ4n) is 1.62. The normalized spacial score (nSPS) is 16.9. The second kappa shape index (κ2) is 7.41. The molecule has 1 aliphatic heterocycles. The maximum atomic E-state index is 10.9. The van der Waals surface area contributed by atoms with Crippen molar-refractivity contribution in [3.8, 4) is 0 Å². The minimum atomic E-state index is -2.20. The molecule has 1 rings (SSSR count). The molecule has 0 bridgehead atoms. The van der Waals surface area contributed by atoms with Gasteiger partial charge in [0.25, 0.3) is 11.9 Å². The molecule has 0 unspecified atom stereocenters. The molecular formula is C10H19NO5Si. The molecule has 1 saturated heterocycles. The first-order valence-corrected chi connectivity index (χ1v) is 7.48. The van der Waals surface area contributed by atoms with Gasteiger partial charge in [0.1, 0.15) is 0 Å². The summed E-state index contributed by atoms with van der Waals surface area (Å²) in [6, 6.07) is 0.624. The lowest BCUT2D eigenvalue weighted by Crippen LogP contribution is -2.39. The van der Waals surface area contributed by atoms with Gasteiger partial charge >= 0.3 is 9.28 Å². The van der Waals surface area contributed by atoms with Gasteiger partial charge in [0.2, 0.25) is 0 Å².